The van der Waals surface area contributed by atoms with Gasteiger partial charge in [0.05, 0.1) is 14.2 Å². The van der Waals surface area contributed by atoms with Crippen LogP contribution in [-0.4, -0.2) is 31.9 Å². The zero-order valence-corrected chi connectivity index (χ0v) is 26.6. The van der Waals surface area contributed by atoms with Crippen molar-refractivity contribution in [1.29, 1.82) is 0 Å². The summed E-state index contributed by atoms with van der Waals surface area (Å²) in [6.45, 7) is 0. The maximum atomic E-state index is 13.5. The van der Waals surface area contributed by atoms with Crippen molar-refractivity contribution in [2.45, 2.75) is 10.1 Å². The Balaban J connectivity index is 1.32. The molecule has 5 aromatic rings. The molecule has 47 heavy (non-hydrogen) atoms. The third kappa shape index (κ3) is 9.12. The van der Waals surface area contributed by atoms with E-state index in [2.05, 4.69) is 16.0 Å². The summed E-state index contributed by atoms with van der Waals surface area (Å²) in [5.74, 6) is 0.295. The maximum absolute atomic E-state index is 13.5. The molecule has 0 aliphatic carbocycles. The van der Waals surface area contributed by atoms with E-state index in [9.17, 15) is 14.4 Å². The van der Waals surface area contributed by atoms with Gasteiger partial charge >= 0.3 is 0 Å². The Bertz CT molecular complexity index is 1830. The van der Waals surface area contributed by atoms with Crippen LogP contribution in [0.25, 0.3) is 6.08 Å². The molecule has 5 rings (SSSR count). The summed E-state index contributed by atoms with van der Waals surface area (Å²) in [7, 11) is 3.17. The fraction of sp³-hybridized carbons (Fsp3) is 0.0789. The van der Waals surface area contributed by atoms with Crippen molar-refractivity contribution < 1.29 is 23.9 Å². The minimum absolute atomic E-state index is 0.0711. The normalized spacial score (nSPS) is 11.6. The van der Waals surface area contributed by atoms with E-state index in [1.54, 1.807) is 105 Å². The molecule has 0 spiro atoms. The van der Waals surface area contributed by atoms with Crippen LogP contribution in [0, 0.1) is 0 Å². The van der Waals surface area contributed by atoms with Crippen molar-refractivity contribution in [3.8, 4) is 11.5 Å². The molecular weight excluding hydrogens is 611 g/mol. The molecule has 9 heteroatoms. The number of benzene rings is 5. The van der Waals surface area contributed by atoms with Crippen molar-refractivity contribution >= 4 is 46.9 Å². The first kappa shape index (κ1) is 32.6. The predicted molar refractivity (Wildman–Crippen MR) is 187 cm³/mol. The molecule has 0 radical (unpaired) electrons. The van der Waals surface area contributed by atoms with Gasteiger partial charge < -0.3 is 25.4 Å². The molecule has 0 saturated carbocycles. The zero-order chi connectivity index (χ0) is 33.0. The predicted octanol–water partition coefficient (Wildman–Crippen LogP) is 7.59. The molecule has 0 fully saturated rings. The van der Waals surface area contributed by atoms with Crippen molar-refractivity contribution in [3.05, 3.63) is 156 Å². The number of nitrogens with one attached hydrogen (secondary N) is 3. The molecule has 8 nitrogen and oxygen atoms in total. The topological polar surface area (TPSA) is 106 Å². The lowest BCUT2D eigenvalue weighted by Gasteiger charge is -2.18. The Kier molecular flexibility index (Phi) is 11.1. The third-order valence-corrected chi connectivity index (χ3v) is 8.29. The Labute approximate surface area is 277 Å². The Morgan fingerprint density at radius 3 is 1.77 bits per heavy atom. The average molecular weight is 644 g/mol. The smallest absolute Gasteiger partial charge is 0.272 e. The molecule has 0 saturated heterocycles. The first-order chi connectivity index (χ1) is 22.9. The van der Waals surface area contributed by atoms with Crippen LogP contribution in [0.1, 0.15) is 26.7 Å². The largest absolute Gasteiger partial charge is 0.497 e. The van der Waals surface area contributed by atoms with Crippen molar-refractivity contribution in [2.24, 2.45) is 0 Å². The Morgan fingerprint density at radius 1 is 0.638 bits per heavy atom. The summed E-state index contributed by atoms with van der Waals surface area (Å²) in [5.41, 5.74) is 3.23. The van der Waals surface area contributed by atoms with E-state index < -0.39 is 17.1 Å². The minimum Gasteiger partial charge on any atom is -0.497 e. The van der Waals surface area contributed by atoms with E-state index in [0.29, 0.717) is 34.0 Å². The van der Waals surface area contributed by atoms with Gasteiger partial charge in [0, 0.05) is 21.8 Å². The molecular formula is C38H33N3O5S. The second-order valence-corrected chi connectivity index (χ2v) is 11.4. The highest BCUT2D eigenvalue weighted by atomic mass is 32.2. The lowest BCUT2D eigenvalue weighted by atomic mass is 10.1. The molecule has 0 aliphatic heterocycles. The van der Waals surface area contributed by atoms with Crippen molar-refractivity contribution in [2.75, 3.05) is 24.9 Å². The molecule has 3 N–H and O–H groups in total. The first-order valence-electron chi connectivity index (χ1n) is 14.7. The van der Waals surface area contributed by atoms with Gasteiger partial charge in [0.1, 0.15) is 22.4 Å². The quantitative estimate of drug-likeness (QED) is 0.0956. The maximum Gasteiger partial charge on any atom is 0.272 e. The van der Waals surface area contributed by atoms with Crippen LogP contribution >= 0.6 is 11.8 Å². The summed E-state index contributed by atoms with van der Waals surface area (Å²) >= 11 is 1.39. The van der Waals surface area contributed by atoms with Gasteiger partial charge in [-0.05, 0) is 90.0 Å². The zero-order valence-electron chi connectivity index (χ0n) is 25.8. The van der Waals surface area contributed by atoms with Crippen LogP contribution in [0.5, 0.6) is 11.5 Å². The number of methoxy groups -OCH3 is 2. The van der Waals surface area contributed by atoms with Gasteiger partial charge in [-0.3, -0.25) is 14.4 Å². The number of anilines is 2. The van der Waals surface area contributed by atoms with E-state index >= 15 is 0 Å². The van der Waals surface area contributed by atoms with Crippen LogP contribution in [0.15, 0.2) is 144 Å². The molecule has 1 unspecified atom stereocenters. The highest BCUT2D eigenvalue weighted by Gasteiger charge is 2.22. The summed E-state index contributed by atoms with van der Waals surface area (Å²) in [5, 5.41) is 8.08. The lowest BCUT2D eigenvalue weighted by molar-refractivity contribution is -0.116. The van der Waals surface area contributed by atoms with E-state index in [1.165, 1.54) is 11.8 Å². The molecule has 1 atom stereocenters. The van der Waals surface area contributed by atoms with E-state index in [1.807, 2.05) is 48.5 Å². The molecule has 5 aromatic carbocycles. The number of rotatable bonds is 12. The van der Waals surface area contributed by atoms with Crippen LogP contribution in [-0.2, 0) is 9.59 Å². The highest BCUT2D eigenvalue weighted by molar-refractivity contribution is 8.00. The van der Waals surface area contributed by atoms with Crippen LogP contribution in [0.4, 0.5) is 11.4 Å². The van der Waals surface area contributed by atoms with Gasteiger partial charge in [-0.2, -0.15) is 0 Å². The van der Waals surface area contributed by atoms with E-state index in [0.717, 1.165) is 10.5 Å². The van der Waals surface area contributed by atoms with Gasteiger partial charge in [-0.1, -0.05) is 60.7 Å². The Hall–Kier alpha value is -5.80. The van der Waals surface area contributed by atoms with E-state index in [4.69, 9.17) is 9.47 Å². The number of amides is 3. The van der Waals surface area contributed by atoms with E-state index in [-0.39, 0.29) is 11.6 Å². The summed E-state index contributed by atoms with van der Waals surface area (Å²) in [6.07, 6.45) is 1.60. The number of thioether (sulfide) groups is 1. The fourth-order valence-corrected chi connectivity index (χ4v) is 5.57. The Morgan fingerprint density at radius 2 is 1.17 bits per heavy atom. The molecule has 3 amide bonds. The third-order valence-electron chi connectivity index (χ3n) is 7.02. The average Bonchev–Trinajstić information content (AvgIpc) is 3.12. The second kappa shape index (κ2) is 16.0. The molecule has 0 aliphatic rings. The standard InChI is InChI=1S/C38H33N3O5S/c1-45-31-19-13-26(14-20-31)25-34(41-36(42)28-11-7-4-8-12-28)37(43)39-30-17-23-33(24-18-30)47-35(27-9-5-3-6-10-27)38(44)40-29-15-21-32(46-2)22-16-29/h3-25,35H,1-2H3,(H,39,43)(H,40,44)(H,41,42)/b34-25-. The van der Waals surface area contributed by atoms with Gasteiger partial charge in [0.15, 0.2) is 0 Å². The van der Waals surface area contributed by atoms with Gasteiger partial charge in [0.2, 0.25) is 5.91 Å². The van der Waals surface area contributed by atoms with Crippen LogP contribution in [0.2, 0.25) is 0 Å². The molecule has 236 valence electrons. The highest BCUT2D eigenvalue weighted by Crippen LogP contribution is 2.37. The monoisotopic (exact) mass is 643 g/mol. The van der Waals surface area contributed by atoms with Crippen molar-refractivity contribution in [3.63, 3.8) is 0 Å². The number of carbonyl (C=O) groups is 3. The summed E-state index contributed by atoms with van der Waals surface area (Å²) < 4.78 is 10.4. The number of hydrogen-bond donors (Lipinski definition) is 3. The minimum atomic E-state index is -0.536. The van der Waals surface area contributed by atoms with Crippen LogP contribution in [0.3, 0.4) is 0 Å². The van der Waals surface area contributed by atoms with Gasteiger partial charge in [-0.15, -0.1) is 11.8 Å². The van der Waals surface area contributed by atoms with Crippen molar-refractivity contribution in [1.82, 2.24) is 5.32 Å². The fourth-order valence-electron chi connectivity index (χ4n) is 4.54. The summed E-state index contributed by atoms with van der Waals surface area (Å²) in [4.78, 5) is 40.7. The molecule has 0 heterocycles. The molecule has 0 bridgehead atoms. The number of ether oxygens (including phenoxy) is 2. The lowest BCUT2D eigenvalue weighted by Crippen LogP contribution is -2.30. The SMILES string of the molecule is COc1ccc(/C=C(\NC(=O)c2ccccc2)C(=O)Nc2ccc(SC(C(=O)Nc3ccc(OC)cc3)c3ccccc3)cc2)cc1. The molecule has 0 aromatic heterocycles. The second-order valence-electron chi connectivity index (χ2n) is 10.3. The van der Waals surface area contributed by atoms with Crippen LogP contribution < -0.4 is 25.4 Å². The number of hydrogen-bond acceptors (Lipinski definition) is 6. The summed E-state index contributed by atoms with van der Waals surface area (Å²) in [6, 6.07) is 39.7. The van der Waals surface area contributed by atoms with Gasteiger partial charge in [-0.25, -0.2) is 0 Å². The van der Waals surface area contributed by atoms with Gasteiger partial charge in [0.25, 0.3) is 11.8 Å². The number of carbonyl (C=O) groups excluding carboxylic acids is 3. The first-order valence-corrected chi connectivity index (χ1v) is 15.6.